The predicted molar refractivity (Wildman–Crippen MR) is 71.8 cm³/mol. The number of pyridine rings is 1. The Morgan fingerprint density at radius 2 is 2.17 bits per heavy atom. The number of anilines is 1. The molecule has 18 heavy (non-hydrogen) atoms. The molecular formula is C13H19N5. The molecule has 0 unspecified atom stereocenters. The molecule has 2 rings (SSSR count). The summed E-state index contributed by atoms with van der Waals surface area (Å²) >= 11 is 0. The van der Waals surface area contributed by atoms with E-state index in [-0.39, 0.29) is 0 Å². The van der Waals surface area contributed by atoms with E-state index in [0.29, 0.717) is 0 Å². The summed E-state index contributed by atoms with van der Waals surface area (Å²) in [6.07, 6.45) is 3.67. The van der Waals surface area contributed by atoms with Crippen LogP contribution < -0.4 is 5.73 Å². The summed E-state index contributed by atoms with van der Waals surface area (Å²) in [5.41, 5.74) is 9.30. The first-order valence-corrected chi connectivity index (χ1v) is 5.93. The summed E-state index contributed by atoms with van der Waals surface area (Å²) in [6, 6.07) is 4.02. The topological polar surface area (TPSA) is 60.0 Å². The summed E-state index contributed by atoms with van der Waals surface area (Å²) in [4.78, 5) is 6.32. The number of nitrogens with zero attached hydrogens (tertiary/aromatic N) is 4. The van der Waals surface area contributed by atoms with E-state index in [1.165, 1.54) is 5.56 Å². The van der Waals surface area contributed by atoms with Gasteiger partial charge in [-0.25, -0.2) is 0 Å². The highest BCUT2D eigenvalue weighted by atomic mass is 15.3. The molecule has 0 saturated carbocycles. The van der Waals surface area contributed by atoms with E-state index < -0.39 is 0 Å². The largest absolute Gasteiger partial charge is 0.384 e. The van der Waals surface area contributed by atoms with Crippen molar-refractivity contribution in [2.45, 2.75) is 20.0 Å². The van der Waals surface area contributed by atoms with Gasteiger partial charge in [-0.2, -0.15) is 5.10 Å². The molecular weight excluding hydrogens is 226 g/mol. The van der Waals surface area contributed by atoms with E-state index >= 15 is 0 Å². The molecule has 2 heterocycles. The average molecular weight is 245 g/mol. The first kappa shape index (κ1) is 12.6. The van der Waals surface area contributed by atoms with Crippen LogP contribution in [0.5, 0.6) is 0 Å². The number of nitrogen functional groups attached to an aromatic ring is 1. The fourth-order valence-electron chi connectivity index (χ4n) is 2.04. The van der Waals surface area contributed by atoms with Crippen molar-refractivity contribution in [3.05, 3.63) is 41.3 Å². The van der Waals surface area contributed by atoms with Gasteiger partial charge in [0.05, 0.1) is 5.69 Å². The highest BCUT2D eigenvalue weighted by molar-refractivity contribution is 5.42. The first-order valence-electron chi connectivity index (χ1n) is 5.93. The van der Waals surface area contributed by atoms with E-state index in [1.807, 2.05) is 26.2 Å². The third-order valence-electron chi connectivity index (χ3n) is 3.00. The molecule has 0 spiro atoms. The van der Waals surface area contributed by atoms with Gasteiger partial charge in [0.1, 0.15) is 5.82 Å². The molecule has 0 aliphatic carbocycles. The van der Waals surface area contributed by atoms with Crippen LogP contribution in [0.4, 0.5) is 5.82 Å². The Morgan fingerprint density at radius 3 is 2.72 bits per heavy atom. The molecule has 0 amide bonds. The van der Waals surface area contributed by atoms with Gasteiger partial charge in [-0.3, -0.25) is 14.6 Å². The second kappa shape index (κ2) is 5.18. The Bertz CT molecular complexity index is 518. The Kier molecular flexibility index (Phi) is 3.62. The molecule has 2 N–H and O–H groups in total. The maximum Gasteiger partial charge on any atom is 0.126 e. The minimum Gasteiger partial charge on any atom is -0.384 e. The normalized spacial score (nSPS) is 11.1. The number of aromatic nitrogens is 3. The smallest absolute Gasteiger partial charge is 0.126 e. The zero-order chi connectivity index (χ0) is 13.1. The number of hydrogen-bond acceptors (Lipinski definition) is 4. The third-order valence-corrected chi connectivity index (χ3v) is 3.00. The van der Waals surface area contributed by atoms with Gasteiger partial charge in [0, 0.05) is 38.1 Å². The molecule has 5 heteroatoms. The van der Waals surface area contributed by atoms with Crippen LogP contribution in [0, 0.1) is 6.92 Å². The summed E-state index contributed by atoms with van der Waals surface area (Å²) in [6.45, 7) is 3.63. The van der Waals surface area contributed by atoms with E-state index in [0.717, 1.165) is 30.2 Å². The Labute approximate surface area is 107 Å². The Hall–Kier alpha value is -1.88. The van der Waals surface area contributed by atoms with Crippen LogP contribution in [-0.2, 0) is 20.1 Å². The molecule has 2 aromatic rings. The molecule has 0 aliphatic rings. The van der Waals surface area contributed by atoms with Gasteiger partial charge in [0.2, 0.25) is 0 Å². The summed E-state index contributed by atoms with van der Waals surface area (Å²) < 4.78 is 1.72. The molecule has 0 atom stereocenters. The van der Waals surface area contributed by atoms with Crippen molar-refractivity contribution < 1.29 is 0 Å². The van der Waals surface area contributed by atoms with Crippen molar-refractivity contribution in [2.75, 3.05) is 12.8 Å². The standard InChI is InChI=1S/C13H19N5/c1-10-12(13(14)18(3)16-10)9-17(2)8-11-5-4-6-15-7-11/h4-7H,8-9,14H2,1-3H3. The van der Waals surface area contributed by atoms with E-state index in [9.17, 15) is 0 Å². The van der Waals surface area contributed by atoms with Crippen LogP contribution in [0.25, 0.3) is 0 Å². The van der Waals surface area contributed by atoms with Crippen LogP contribution in [0.2, 0.25) is 0 Å². The average Bonchev–Trinajstić information content (AvgIpc) is 2.57. The number of rotatable bonds is 4. The van der Waals surface area contributed by atoms with Gasteiger partial charge < -0.3 is 5.73 Å². The van der Waals surface area contributed by atoms with Crippen molar-refractivity contribution >= 4 is 5.82 Å². The predicted octanol–water partition coefficient (Wildman–Crippen LogP) is 1.34. The molecule has 0 radical (unpaired) electrons. The van der Waals surface area contributed by atoms with Crippen molar-refractivity contribution in [3.63, 3.8) is 0 Å². The lowest BCUT2D eigenvalue weighted by Crippen LogP contribution is -2.18. The van der Waals surface area contributed by atoms with Crippen molar-refractivity contribution in [1.29, 1.82) is 0 Å². The lowest BCUT2D eigenvalue weighted by molar-refractivity contribution is 0.318. The molecule has 0 fully saturated rings. The monoisotopic (exact) mass is 245 g/mol. The fourth-order valence-corrected chi connectivity index (χ4v) is 2.04. The minimum atomic E-state index is 0.741. The van der Waals surface area contributed by atoms with E-state index in [1.54, 1.807) is 10.9 Å². The van der Waals surface area contributed by atoms with Crippen LogP contribution in [-0.4, -0.2) is 26.7 Å². The molecule has 0 aromatic carbocycles. The Balaban J connectivity index is 2.05. The maximum atomic E-state index is 6.01. The van der Waals surface area contributed by atoms with Crippen LogP contribution in [0.1, 0.15) is 16.8 Å². The Morgan fingerprint density at radius 1 is 1.39 bits per heavy atom. The van der Waals surface area contributed by atoms with Gasteiger partial charge in [-0.15, -0.1) is 0 Å². The second-order valence-corrected chi connectivity index (χ2v) is 4.61. The van der Waals surface area contributed by atoms with E-state index in [2.05, 4.69) is 28.1 Å². The van der Waals surface area contributed by atoms with E-state index in [4.69, 9.17) is 5.73 Å². The number of aryl methyl sites for hydroxylation is 2. The molecule has 5 nitrogen and oxygen atoms in total. The molecule has 0 bridgehead atoms. The number of hydrogen-bond donors (Lipinski definition) is 1. The quantitative estimate of drug-likeness (QED) is 0.883. The third kappa shape index (κ3) is 2.68. The molecule has 96 valence electrons. The zero-order valence-corrected chi connectivity index (χ0v) is 11.1. The lowest BCUT2D eigenvalue weighted by atomic mass is 10.2. The van der Waals surface area contributed by atoms with Gasteiger partial charge in [-0.1, -0.05) is 6.07 Å². The summed E-state index contributed by atoms with van der Waals surface area (Å²) in [7, 11) is 3.94. The van der Waals surface area contributed by atoms with Crippen molar-refractivity contribution in [3.8, 4) is 0 Å². The molecule has 0 aliphatic heterocycles. The fraction of sp³-hybridized carbons (Fsp3) is 0.385. The summed E-state index contributed by atoms with van der Waals surface area (Å²) in [5.74, 6) is 0.741. The van der Waals surface area contributed by atoms with Gasteiger partial charge >= 0.3 is 0 Å². The van der Waals surface area contributed by atoms with Gasteiger partial charge in [0.15, 0.2) is 0 Å². The SMILES string of the molecule is Cc1nn(C)c(N)c1CN(C)Cc1cccnc1. The molecule has 0 saturated heterocycles. The van der Waals surface area contributed by atoms with Gasteiger partial charge in [0.25, 0.3) is 0 Å². The second-order valence-electron chi connectivity index (χ2n) is 4.61. The number of nitrogens with two attached hydrogens (primary N) is 1. The minimum absolute atomic E-state index is 0.741. The van der Waals surface area contributed by atoms with Crippen LogP contribution in [0.15, 0.2) is 24.5 Å². The zero-order valence-electron chi connectivity index (χ0n) is 11.1. The van der Waals surface area contributed by atoms with Crippen molar-refractivity contribution in [2.24, 2.45) is 7.05 Å². The van der Waals surface area contributed by atoms with Crippen LogP contribution in [0.3, 0.4) is 0 Å². The maximum absolute atomic E-state index is 6.01. The first-order chi connectivity index (χ1) is 8.58. The highest BCUT2D eigenvalue weighted by Crippen LogP contribution is 2.17. The molecule has 2 aromatic heterocycles. The van der Waals surface area contributed by atoms with Crippen molar-refractivity contribution in [1.82, 2.24) is 19.7 Å². The lowest BCUT2D eigenvalue weighted by Gasteiger charge is -2.16. The summed E-state index contributed by atoms with van der Waals surface area (Å²) in [5, 5.41) is 4.32. The van der Waals surface area contributed by atoms with Gasteiger partial charge in [-0.05, 0) is 25.6 Å². The van der Waals surface area contributed by atoms with Crippen LogP contribution >= 0.6 is 0 Å². The highest BCUT2D eigenvalue weighted by Gasteiger charge is 2.12.